The van der Waals surface area contributed by atoms with E-state index in [1.165, 1.54) is 4.88 Å². The summed E-state index contributed by atoms with van der Waals surface area (Å²) in [5.41, 5.74) is 1.12. The number of nitrogens with zero attached hydrogens (tertiary/aromatic N) is 2. The van der Waals surface area contributed by atoms with Crippen LogP contribution in [-0.2, 0) is 11.4 Å². The molecule has 1 amide bonds. The number of hydrogen-bond acceptors (Lipinski definition) is 6. The topological polar surface area (TPSA) is 54.0 Å². The van der Waals surface area contributed by atoms with Gasteiger partial charge < -0.3 is 19.7 Å². The van der Waals surface area contributed by atoms with Gasteiger partial charge in [0.05, 0.1) is 6.04 Å². The second-order valence-electron chi connectivity index (χ2n) is 8.21. The molecule has 33 heavy (non-hydrogen) atoms. The molecule has 0 radical (unpaired) electrons. The number of amides is 1. The number of ether oxygens (including phenoxy) is 2. The van der Waals surface area contributed by atoms with Crippen molar-refractivity contribution >= 4 is 17.2 Å². The molecule has 1 fully saturated rings. The third-order valence-electron chi connectivity index (χ3n) is 5.78. The maximum atomic E-state index is 12.5. The van der Waals surface area contributed by atoms with Crippen LogP contribution in [0.15, 0.2) is 72.1 Å². The summed E-state index contributed by atoms with van der Waals surface area (Å²) < 4.78 is 11.5. The van der Waals surface area contributed by atoms with E-state index < -0.39 is 0 Å². The molecule has 1 saturated heterocycles. The van der Waals surface area contributed by atoms with Gasteiger partial charge in [0, 0.05) is 37.6 Å². The summed E-state index contributed by atoms with van der Waals surface area (Å²) in [5, 5.41) is 5.16. The first-order valence-electron chi connectivity index (χ1n) is 11.3. The Morgan fingerprint density at radius 3 is 2.30 bits per heavy atom. The van der Waals surface area contributed by atoms with Crippen molar-refractivity contribution in [1.82, 2.24) is 15.1 Å². The summed E-state index contributed by atoms with van der Waals surface area (Å²) in [6.07, 6.45) is 0. The minimum atomic E-state index is -0.116. The largest absolute Gasteiger partial charge is 0.489 e. The summed E-state index contributed by atoms with van der Waals surface area (Å²) >= 11 is 1.74. The van der Waals surface area contributed by atoms with Gasteiger partial charge in [0.15, 0.2) is 6.61 Å². The van der Waals surface area contributed by atoms with Crippen LogP contribution in [-0.4, -0.2) is 62.1 Å². The Balaban J connectivity index is 1.22. The van der Waals surface area contributed by atoms with Crippen LogP contribution in [0.1, 0.15) is 16.5 Å². The molecule has 0 spiro atoms. The summed E-state index contributed by atoms with van der Waals surface area (Å²) in [5.74, 6) is 1.29. The molecule has 174 valence electrons. The highest BCUT2D eigenvalue weighted by molar-refractivity contribution is 7.10. The second-order valence-corrected chi connectivity index (χ2v) is 9.19. The van der Waals surface area contributed by atoms with Crippen LogP contribution in [0.3, 0.4) is 0 Å². The van der Waals surface area contributed by atoms with E-state index in [4.69, 9.17) is 9.47 Å². The van der Waals surface area contributed by atoms with E-state index in [0.29, 0.717) is 18.9 Å². The summed E-state index contributed by atoms with van der Waals surface area (Å²) in [6.45, 7) is 5.19. The minimum absolute atomic E-state index is 0.00980. The highest BCUT2D eigenvalue weighted by atomic mass is 32.1. The normalized spacial score (nSPS) is 15.7. The molecule has 0 saturated carbocycles. The Hall–Kier alpha value is -2.87. The number of carbonyl (C=O) groups excluding carboxylic acids is 1. The fourth-order valence-corrected chi connectivity index (χ4v) is 4.67. The van der Waals surface area contributed by atoms with E-state index in [1.54, 1.807) is 11.3 Å². The molecule has 0 unspecified atom stereocenters. The molecule has 4 rings (SSSR count). The molecule has 1 aromatic heterocycles. The number of benzene rings is 2. The molecule has 3 aromatic rings. The lowest BCUT2D eigenvalue weighted by atomic mass is 10.1. The third kappa shape index (κ3) is 7.05. The number of hydrogen-bond donors (Lipinski definition) is 1. The number of thiophene rings is 1. The third-order valence-corrected chi connectivity index (χ3v) is 6.76. The molecule has 1 atom stereocenters. The van der Waals surface area contributed by atoms with Crippen molar-refractivity contribution in [3.8, 4) is 11.5 Å². The quantitative estimate of drug-likeness (QED) is 0.494. The molecular weight excluding hydrogens is 434 g/mol. The maximum Gasteiger partial charge on any atom is 0.258 e. The Bertz CT molecular complexity index is 972. The molecule has 1 aliphatic rings. The van der Waals surface area contributed by atoms with E-state index in [9.17, 15) is 4.79 Å². The van der Waals surface area contributed by atoms with Gasteiger partial charge in [-0.05, 0) is 48.3 Å². The zero-order chi connectivity index (χ0) is 22.9. The van der Waals surface area contributed by atoms with Crippen molar-refractivity contribution in [2.24, 2.45) is 0 Å². The van der Waals surface area contributed by atoms with Gasteiger partial charge in [0.25, 0.3) is 5.91 Å². The van der Waals surface area contributed by atoms with Crippen LogP contribution >= 0.6 is 11.3 Å². The Labute approximate surface area is 199 Å². The zero-order valence-electron chi connectivity index (χ0n) is 19.0. The Kier molecular flexibility index (Phi) is 8.35. The van der Waals surface area contributed by atoms with Crippen LogP contribution in [0.5, 0.6) is 11.5 Å². The van der Waals surface area contributed by atoms with Gasteiger partial charge in [-0.2, -0.15) is 0 Å². The van der Waals surface area contributed by atoms with Crippen LogP contribution in [0.2, 0.25) is 0 Å². The van der Waals surface area contributed by atoms with Crippen molar-refractivity contribution in [2.75, 3.05) is 46.4 Å². The second kappa shape index (κ2) is 11.8. The summed E-state index contributed by atoms with van der Waals surface area (Å²) in [6, 6.07) is 21.8. The average molecular weight is 466 g/mol. The highest BCUT2D eigenvalue weighted by Crippen LogP contribution is 2.25. The molecule has 0 aliphatic carbocycles. The maximum absolute atomic E-state index is 12.5. The zero-order valence-corrected chi connectivity index (χ0v) is 19.8. The monoisotopic (exact) mass is 465 g/mol. The van der Waals surface area contributed by atoms with Crippen LogP contribution in [0.25, 0.3) is 0 Å². The van der Waals surface area contributed by atoms with Crippen LogP contribution < -0.4 is 14.8 Å². The van der Waals surface area contributed by atoms with Crippen LogP contribution in [0.4, 0.5) is 0 Å². The predicted octanol–water partition coefficient (Wildman–Crippen LogP) is 3.81. The van der Waals surface area contributed by atoms with Crippen molar-refractivity contribution in [1.29, 1.82) is 0 Å². The smallest absolute Gasteiger partial charge is 0.258 e. The van der Waals surface area contributed by atoms with Gasteiger partial charge in [-0.25, -0.2) is 0 Å². The number of likely N-dealkylation sites (N-methyl/N-ethyl adjacent to an activating group) is 1. The minimum Gasteiger partial charge on any atom is -0.489 e. The molecule has 1 aliphatic heterocycles. The van der Waals surface area contributed by atoms with Crippen molar-refractivity contribution in [2.45, 2.75) is 12.6 Å². The predicted molar refractivity (Wildman–Crippen MR) is 132 cm³/mol. The summed E-state index contributed by atoms with van der Waals surface area (Å²) in [7, 11) is 2.15. The van der Waals surface area contributed by atoms with Gasteiger partial charge in [-0.3, -0.25) is 9.69 Å². The number of piperazine rings is 1. The first kappa shape index (κ1) is 23.3. The Morgan fingerprint density at radius 2 is 1.64 bits per heavy atom. The van der Waals surface area contributed by atoms with E-state index in [2.05, 4.69) is 39.7 Å². The number of rotatable bonds is 10. The first-order chi connectivity index (χ1) is 16.2. The van der Waals surface area contributed by atoms with Gasteiger partial charge in [-0.1, -0.05) is 36.4 Å². The molecular formula is C26H31N3O3S. The fourth-order valence-electron chi connectivity index (χ4n) is 3.81. The number of carbonyl (C=O) groups is 1. The first-order valence-corrected chi connectivity index (χ1v) is 12.2. The lowest BCUT2D eigenvalue weighted by Gasteiger charge is -2.37. The molecule has 0 bridgehead atoms. The fraction of sp³-hybridized carbons (Fsp3) is 0.346. The van der Waals surface area contributed by atoms with Gasteiger partial charge >= 0.3 is 0 Å². The van der Waals surface area contributed by atoms with Gasteiger partial charge in [0.2, 0.25) is 0 Å². The lowest BCUT2D eigenvalue weighted by molar-refractivity contribution is -0.123. The highest BCUT2D eigenvalue weighted by Gasteiger charge is 2.25. The van der Waals surface area contributed by atoms with Crippen molar-refractivity contribution in [3.63, 3.8) is 0 Å². The van der Waals surface area contributed by atoms with Crippen molar-refractivity contribution < 1.29 is 14.3 Å². The van der Waals surface area contributed by atoms with E-state index in [1.807, 2.05) is 54.6 Å². The molecule has 6 nitrogen and oxygen atoms in total. The van der Waals surface area contributed by atoms with Gasteiger partial charge in [0.1, 0.15) is 18.1 Å². The standard InChI is InChI=1S/C26H31N3O3S/c1-28-13-15-29(16-14-28)24(25-8-5-17-33-25)18-27-26(30)20-32-23-11-9-22(10-12-23)31-19-21-6-3-2-4-7-21/h2-12,17,24H,13-16,18-20H2,1H3,(H,27,30)/t24-/m1/s1. The van der Waals surface area contributed by atoms with Crippen LogP contribution in [0, 0.1) is 0 Å². The van der Waals surface area contributed by atoms with Crippen molar-refractivity contribution in [3.05, 3.63) is 82.6 Å². The molecule has 2 heterocycles. The SMILES string of the molecule is CN1CCN([C@H](CNC(=O)COc2ccc(OCc3ccccc3)cc2)c2cccs2)CC1. The number of nitrogens with one attached hydrogen (secondary N) is 1. The van der Waals surface area contributed by atoms with E-state index >= 15 is 0 Å². The summed E-state index contributed by atoms with van der Waals surface area (Å²) in [4.78, 5) is 18.6. The van der Waals surface area contributed by atoms with E-state index in [0.717, 1.165) is 37.5 Å². The lowest BCUT2D eigenvalue weighted by Crippen LogP contribution is -2.48. The van der Waals surface area contributed by atoms with E-state index in [-0.39, 0.29) is 18.6 Å². The molecule has 7 heteroatoms. The molecule has 1 N–H and O–H groups in total. The Morgan fingerprint density at radius 1 is 0.939 bits per heavy atom. The molecule has 2 aromatic carbocycles. The van der Waals surface area contributed by atoms with Gasteiger partial charge in [-0.15, -0.1) is 11.3 Å². The average Bonchev–Trinajstić information content (AvgIpc) is 3.39.